The van der Waals surface area contributed by atoms with Crippen LogP contribution in [0.2, 0.25) is 0 Å². The van der Waals surface area contributed by atoms with Crippen molar-refractivity contribution in [3.05, 3.63) is 77.4 Å². The highest BCUT2D eigenvalue weighted by atomic mass is 19.1. The first-order valence-corrected chi connectivity index (χ1v) is 9.30. The molecule has 1 N–H and O–H groups in total. The second-order valence-electron chi connectivity index (χ2n) is 6.97. The van der Waals surface area contributed by atoms with E-state index in [2.05, 4.69) is 10.4 Å². The Hall–Kier alpha value is -3.19. The summed E-state index contributed by atoms with van der Waals surface area (Å²) in [6.07, 6.45) is 1.47. The lowest BCUT2D eigenvalue weighted by molar-refractivity contribution is 0.0941. The summed E-state index contributed by atoms with van der Waals surface area (Å²) in [6, 6.07) is 14.1. The fraction of sp³-hybridized carbons (Fsp3) is 0.273. The number of hydrogen-bond acceptors (Lipinski definition) is 4. The number of rotatable bonds is 7. The third-order valence-electron chi connectivity index (χ3n) is 4.89. The van der Waals surface area contributed by atoms with Crippen LogP contribution >= 0.6 is 0 Å². The molecular formula is C22H25FN4O2. The highest BCUT2D eigenvalue weighted by Crippen LogP contribution is 2.22. The highest BCUT2D eigenvalue weighted by Gasteiger charge is 2.20. The zero-order chi connectivity index (χ0) is 21.0. The van der Waals surface area contributed by atoms with E-state index < -0.39 is 5.82 Å². The average molecular weight is 396 g/mol. The van der Waals surface area contributed by atoms with Gasteiger partial charge in [-0.1, -0.05) is 24.3 Å². The number of nitrogens with zero attached hydrogens (tertiary/aromatic N) is 3. The number of hydrogen-bond donors (Lipinski definition) is 1. The van der Waals surface area contributed by atoms with Crippen LogP contribution in [0.25, 0.3) is 5.69 Å². The summed E-state index contributed by atoms with van der Waals surface area (Å²) in [6.45, 7) is 2.16. The van der Waals surface area contributed by atoms with E-state index in [0.717, 1.165) is 11.3 Å². The van der Waals surface area contributed by atoms with Gasteiger partial charge in [-0.2, -0.15) is 5.10 Å². The van der Waals surface area contributed by atoms with E-state index in [4.69, 9.17) is 4.74 Å². The van der Waals surface area contributed by atoms with Crippen molar-refractivity contribution in [2.45, 2.75) is 13.0 Å². The molecule has 1 atom stereocenters. The molecule has 0 bridgehead atoms. The summed E-state index contributed by atoms with van der Waals surface area (Å²) in [5.41, 5.74) is 2.34. The monoisotopic (exact) mass is 396 g/mol. The summed E-state index contributed by atoms with van der Waals surface area (Å²) in [4.78, 5) is 14.8. The van der Waals surface area contributed by atoms with Crippen LogP contribution in [-0.2, 0) is 0 Å². The maximum Gasteiger partial charge on any atom is 0.254 e. The second-order valence-corrected chi connectivity index (χ2v) is 6.97. The van der Waals surface area contributed by atoms with E-state index in [1.807, 2.05) is 43.3 Å². The Labute approximate surface area is 169 Å². The average Bonchev–Trinajstić information content (AvgIpc) is 3.09. The van der Waals surface area contributed by atoms with Gasteiger partial charge in [0, 0.05) is 6.54 Å². The van der Waals surface area contributed by atoms with Crippen LogP contribution in [0.15, 0.2) is 54.7 Å². The van der Waals surface area contributed by atoms with Gasteiger partial charge in [0.2, 0.25) is 0 Å². The first-order chi connectivity index (χ1) is 13.9. The van der Waals surface area contributed by atoms with E-state index >= 15 is 0 Å². The minimum absolute atomic E-state index is 0.0315. The van der Waals surface area contributed by atoms with Gasteiger partial charge in [0.25, 0.3) is 5.91 Å². The Bertz CT molecular complexity index is 1000. The summed E-state index contributed by atoms with van der Waals surface area (Å²) in [7, 11) is 5.54. The van der Waals surface area contributed by atoms with Crippen molar-refractivity contribution in [3.8, 4) is 11.4 Å². The van der Waals surface area contributed by atoms with Gasteiger partial charge in [-0.15, -0.1) is 0 Å². The number of aromatic nitrogens is 2. The smallest absolute Gasteiger partial charge is 0.254 e. The first kappa shape index (κ1) is 20.5. The summed E-state index contributed by atoms with van der Waals surface area (Å²) < 4.78 is 20.8. The molecular weight excluding hydrogens is 371 g/mol. The number of halogens is 1. The van der Waals surface area contributed by atoms with Crippen molar-refractivity contribution in [1.82, 2.24) is 20.0 Å². The van der Waals surface area contributed by atoms with Gasteiger partial charge in [-0.05, 0) is 50.8 Å². The molecule has 1 unspecified atom stereocenters. The number of nitrogens with one attached hydrogen (secondary N) is 1. The molecule has 0 aliphatic rings. The molecule has 1 amide bonds. The second kappa shape index (κ2) is 8.87. The fourth-order valence-corrected chi connectivity index (χ4v) is 3.23. The molecule has 0 aliphatic heterocycles. The van der Waals surface area contributed by atoms with Gasteiger partial charge < -0.3 is 15.0 Å². The zero-order valence-corrected chi connectivity index (χ0v) is 17.0. The molecule has 3 aromatic rings. The lowest BCUT2D eigenvalue weighted by Crippen LogP contribution is -2.34. The molecule has 0 saturated carbocycles. The molecule has 6 nitrogen and oxygen atoms in total. The SMILES string of the molecule is COc1cccc(C(CNC(=O)c2cnn(-c3ccccc3F)c2C)N(C)C)c1. The number of benzene rings is 2. The van der Waals surface area contributed by atoms with Crippen LogP contribution in [0.3, 0.4) is 0 Å². The topological polar surface area (TPSA) is 59.4 Å². The number of para-hydroxylation sites is 1. The zero-order valence-electron chi connectivity index (χ0n) is 17.0. The molecule has 3 rings (SSSR count). The van der Waals surface area contributed by atoms with Gasteiger partial charge in [0.05, 0.1) is 30.6 Å². The maximum atomic E-state index is 14.1. The molecule has 29 heavy (non-hydrogen) atoms. The highest BCUT2D eigenvalue weighted by molar-refractivity contribution is 5.95. The summed E-state index contributed by atoms with van der Waals surface area (Å²) >= 11 is 0. The maximum absolute atomic E-state index is 14.1. The third-order valence-corrected chi connectivity index (χ3v) is 4.89. The molecule has 0 spiro atoms. The molecule has 2 aromatic carbocycles. The number of ether oxygens (including phenoxy) is 1. The van der Waals surface area contributed by atoms with Gasteiger partial charge in [-0.25, -0.2) is 9.07 Å². The summed E-state index contributed by atoms with van der Waals surface area (Å²) in [5.74, 6) is 0.124. The van der Waals surface area contributed by atoms with Gasteiger partial charge in [-0.3, -0.25) is 4.79 Å². The molecule has 7 heteroatoms. The standard InChI is InChI=1S/C22H25FN4O2/c1-15-18(13-25-27(15)20-11-6-5-10-19(20)23)22(28)24-14-21(26(2)3)16-8-7-9-17(12-16)29-4/h5-13,21H,14H2,1-4H3,(H,24,28). The number of carbonyl (C=O) groups excluding carboxylic acids is 1. The Balaban J connectivity index is 1.77. The van der Waals surface area contributed by atoms with Crippen LogP contribution in [-0.4, -0.2) is 48.3 Å². The Morgan fingerprint density at radius 1 is 1.24 bits per heavy atom. The van der Waals surface area contributed by atoms with Gasteiger partial charge in [0.1, 0.15) is 17.3 Å². The van der Waals surface area contributed by atoms with Crippen molar-refractivity contribution in [2.24, 2.45) is 0 Å². The normalized spacial score (nSPS) is 12.1. The predicted octanol–water partition coefficient (Wildman–Crippen LogP) is 3.36. The summed E-state index contributed by atoms with van der Waals surface area (Å²) in [5, 5.41) is 7.17. The molecule has 0 aliphatic carbocycles. The van der Waals surface area contributed by atoms with E-state index in [1.54, 1.807) is 32.2 Å². The molecule has 1 heterocycles. The Morgan fingerprint density at radius 2 is 2.00 bits per heavy atom. The predicted molar refractivity (Wildman–Crippen MR) is 110 cm³/mol. The molecule has 0 saturated heterocycles. The number of amides is 1. The van der Waals surface area contributed by atoms with Crippen molar-refractivity contribution >= 4 is 5.91 Å². The minimum atomic E-state index is -0.392. The van der Waals surface area contributed by atoms with Crippen molar-refractivity contribution < 1.29 is 13.9 Å². The molecule has 152 valence electrons. The van der Waals surface area contributed by atoms with Crippen LogP contribution in [0.1, 0.15) is 27.7 Å². The Morgan fingerprint density at radius 3 is 2.69 bits per heavy atom. The van der Waals surface area contributed by atoms with E-state index in [0.29, 0.717) is 23.5 Å². The molecule has 0 fully saturated rings. The number of carbonyl (C=O) groups is 1. The third kappa shape index (κ3) is 4.46. The van der Waals surface area contributed by atoms with Crippen LogP contribution in [0.4, 0.5) is 4.39 Å². The van der Waals surface area contributed by atoms with Crippen LogP contribution in [0.5, 0.6) is 5.75 Å². The van der Waals surface area contributed by atoms with E-state index in [-0.39, 0.29) is 11.9 Å². The van der Waals surface area contributed by atoms with Crippen LogP contribution < -0.4 is 10.1 Å². The number of methoxy groups -OCH3 is 1. The van der Waals surface area contributed by atoms with Crippen molar-refractivity contribution in [3.63, 3.8) is 0 Å². The van der Waals surface area contributed by atoms with Gasteiger partial charge in [0.15, 0.2) is 0 Å². The van der Waals surface area contributed by atoms with E-state index in [1.165, 1.54) is 16.9 Å². The minimum Gasteiger partial charge on any atom is -0.497 e. The molecule has 1 aromatic heterocycles. The number of likely N-dealkylation sites (N-methyl/N-ethyl adjacent to an activating group) is 1. The lowest BCUT2D eigenvalue weighted by atomic mass is 10.1. The largest absolute Gasteiger partial charge is 0.497 e. The van der Waals surface area contributed by atoms with Crippen molar-refractivity contribution in [2.75, 3.05) is 27.7 Å². The quantitative estimate of drug-likeness (QED) is 0.665. The fourth-order valence-electron chi connectivity index (χ4n) is 3.23. The van der Waals surface area contributed by atoms with Crippen molar-refractivity contribution in [1.29, 1.82) is 0 Å². The van der Waals surface area contributed by atoms with Gasteiger partial charge >= 0.3 is 0 Å². The first-order valence-electron chi connectivity index (χ1n) is 9.30. The van der Waals surface area contributed by atoms with Crippen LogP contribution in [0, 0.1) is 12.7 Å². The van der Waals surface area contributed by atoms with E-state index in [9.17, 15) is 9.18 Å². The molecule has 0 radical (unpaired) electrons. The lowest BCUT2D eigenvalue weighted by Gasteiger charge is -2.25. The Kier molecular flexibility index (Phi) is 6.29.